The van der Waals surface area contributed by atoms with Crippen molar-refractivity contribution < 1.29 is 98.5 Å². The second-order valence-electron chi connectivity index (χ2n) is 37.2. The molecule has 2 atom stereocenters. The lowest BCUT2D eigenvalue weighted by Gasteiger charge is -2.34. The van der Waals surface area contributed by atoms with Crippen LogP contribution in [0.4, 0.5) is 45.3 Å². The zero-order valence-corrected chi connectivity index (χ0v) is 81.2. The molecule has 2 fully saturated rings. The van der Waals surface area contributed by atoms with Crippen molar-refractivity contribution in [3.63, 3.8) is 0 Å². The Morgan fingerprint density at radius 1 is 0.480 bits per heavy atom. The molecular weight excluding hydrogens is 1820 g/mol. The number of carboxylic acids is 1. The highest BCUT2D eigenvalue weighted by Gasteiger charge is 2.50. The van der Waals surface area contributed by atoms with Crippen molar-refractivity contribution in [1.29, 1.82) is 0 Å². The monoisotopic (exact) mass is 1930 g/mol. The van der Waals surface area contributed by atoms with E-state index in [9.17, 15) is 79.2 Å². The van der Waals surface area contributed by atoms with Crippen molar-refractivity contribution in [2.75, 3.05) is 37.8 Å². The first-order chi connectivity index (χ1) is 57.8. The normalized spacial score (nSPS) is 15.8. The molecule has 2 saturated heterocycles. The zero-order chi connectivity index (χ0) is 96.0. The Morgan fingerprint density at radius 2 is 0.795 bits per heavy atom. The Bertz CT molecular complexity index is 5730. The molecule has 2 aliphatic rings. The number of benzene rings is 3. The summed E-state index contributed by atoms with van der Waals surface area (Å²) in [5, 5.41) is 32.4. The van der Waals surface area contributed by atoms with Gasteiger partial charge in [-0.25, -0.2) is 73.6 Å². The number of pyridine rings is 3. The highest BCUT2D eigenvalue weighted by Crippen LogP contribution is 2.42. The SMILES string of the molecule is CC(C)(COc1ccn(-c2ccc(C(=O)NS(=O)(=O)c3ccc([Si](C)(C)C)cc3)c(Cl)n2)n1)C(F)(F)F.CC(C)(COc1ccn(-c2ccc(C(=O)O)c(Cl)n2)n1)C(F)(F)F.C[C@@H]1CN(c2nc(-n3ccc(OCC(C)(C)C(F)(F)F)n3)ccc2C(=O)NS(=O)(=O)c2ccc([Si](C)(C)C)cc2)C(C)(C)C1.C[C@@H]1CNC(C)(C)C1.C[Si](C)(C)c1ccc(S(N)(=O)=O)cc1. The van der Waals surface area contributed by atoms with Crippen LogP contribution in [0.2, 0.25) is 69.2 Å². The summed E-state index contributed by atoms with van der Waals surface area (Å²) < 4.78 is 214. The number of carboxylic acid groups (broad SMARTS) is 1. The molecule has 44 heteroatoms. The molecule has 0 spiro atoms. The van der Waals surface area contributed by atoms with E-state index in [1.165, 1.54) is 130 Å². The summed E-state index contributed by atoms with van der Waals surface area (Å²) in [6, 6.07) is 32.1. The molecule has 0 aliphatic carbocycles. The fraction of sp³-hybridized carbons (Fsp3) is 0.458. The number of carbonyl (C=O) groups excluding carboxylic acids is 2. The number of nitrogens with one attached hydrogen (secondary N) is 3. The fourth-order valence-electron chi connectivity index (χ4n) is 12.2. The van der Waals surface area contributed by atoms with Crippen molar-refractivity contribution >= 4 is 117 Å². The van der Waals surface area contributed by atoms with Crippen LogP contribution in [0.3, 0.4) is 0 Å². The van der Waals surface area contributed by atoms with Crippen LogP contribution in [0, 0.1) is 28.1 Å². The Labute approximate surface area is 747 Å². The lowest BCUT2D eigenvalue weighted by Crippen LogP contribution is -2.41. The van der Waals surface area contributed by atoms with Gasteiger partial charge in [-0.2, -0.15) is 39.5 Å². The van der Waals surface area contributed by atoms with E-state index in [-0.39, 0.29) is 88.5 Å². The number of anilines is 1. The Balaban J connectivity index is 0.000000238. The molecule has 2 amide bonds. The first-order valence-corrected chi connectivity index (χ1v) is 55.5. The minimum atomic E-state index is -4.45. The van der Waals surface area contributed by atoms with Crippen molar-refractivity contribution in [2.24, 2.45) is 33.2 Å². The van der Waals surface area contributed by atoms with Crippen LogP contribution < -0.4 is 54.6 Å². The quantitative estimate of drug-likeness (QED) is 0.0213. The van der Waals surface area contributed by atoms with Crippen LogP contribution in [0.5, 0.6) is 17.6 Å². The van der Waals surface area contributed by atoms with Gasteiger partial charge < -0.3 is 29.5 Å². The number of carbonyl (C=O) groups is 3. The minimum absolute atomic E-state index is 0.0196. The van der Waals surface area contributed by atoms with Gasteiger partial charge in [0.1, 0.15) is 35.9 Å². The smallest absolute Gasteiger partial charge is 0.397 e. The van der Waals surface area contributed by atoms with Crippen molar-refractivity contribution in [3.8, 4) is 35.1 Å². The number of hydrogen-bond donors (Lipinski definition) is 5. The number of aromatic carboxylic acids is 1. The predicted molar refractivity (Wildman–Crippen MR) is 477 cm³/mol. The number of alkyl halides is 9. The van der Waals surface area contributed by atoms with Crippen molar-refractivity contribution in [3.05, 3.63) is 173 Å². The van der Waals surface area contributed by atoms with Gasteiger partial charge in [-0.05, 0) is 173 Å². The van der Waals surface area contributed by atoms with Gasteiger partial charge in [-0.3, -0.25) is 9.59 Å². The van der Waals surface area contributed by atoms with Gasteiger partial charge in [-0.15, -0.1) is 15.3 Å². The molecule has 0 radical (unpaired) electrons. The maximum atomic E-state index is 13.6. The second-order valence-corrected chi connectivity index (χ2v) is 58.1. The van der Waals surface area contributed by atoms with Gasteiger partial charge in [-0.1, -0.05) is 148 Å². The lowest BCUT2D eigenvalue weighted by molar-refractivity contribution is -0.220. The predicted octanol–water partition coefficient (Wildman–Crippen LogP) is 15.9. The fourth-order valence-corrected chi connectivity index (χ4v) is 18.7. The Morgan fingerprint density at radius 3 is 1.06 bits per heavy atom. The standard InChI is InChI=1S/C30H40F3N5O4SSi.C23H26ClF3N4O4SSi.C14H13ClF3N3O3.C9H15NO2SSi.C7H15N/c1-20-17-29(4,5)37(18-20)26-23(27(39)36-43(40,41)21-9-11-22(12-10-21)44(6,7)8)13-14-24(34-26)38-16-15-25(35-38)42-19-28(2,3)30(31,32)33;1-22(2,23(25,26)27)14-35-19-12-13-31(29-19)18-11-10-17(20(24)28-18)21(32)30-36(33,34)15-6-8-16(9-7-15)37(3,4)5;1-13(2,14(16,17)18)7-24-10-5-6-21(20-10)9-4-3-8(12(22)23)11(15)19-9;1-14(2,3)9-6-4-8(5-7-9)13(10,11)12;1-6-4-7(2,3)8-5-6/h9-16,20H,17-19H2,1-8H3,(H,36,39);6-13H,14H2,1-5H3,(H,30,32);3-6H,7H2,1-2H3,(H,22,23);4-7H,1-3H3,(H2,10,11,12);6,8H,4-5H2,1-3H3/t20-;;;;6-/m0...0/s1. The number of sulfonamides is 3. The molecule has 0 bridgehead atoms. The van der Waals surface area contributed by atoms with Gasteiger partial charge >= 0.3 is 24.5 Å². The molecule has 8 heterocycles. The number of hydrogen-bond acceptors (Lipinski definition) is 20. The number of ether oxygens (including phenoxy) is 3. The maximum absolute atomic E-state index is 13.6. The van der Waals surface area contributed by atoms with Gasteiger partial charge in [0.2, 0.25) is 27.7 Å². The van der Waals surface area contributed by atoms with E-state index < -0.39 is 132 Å². The minimum Gasteiger partial charge on any atom is -0.478 e. The van der Waals surface area contributed by atoms with Gasteiger partial charge in [0, 0.05) is 54.4 Å². The number of nitrogens with two attached hydrogens (primary N) is 1. The summed E-state index contributed by atoms with van der Waals surface area (Å²) in [5.41, 5.74) is -6.46. The summed E-state index contributed by atoms with van der Waals surface area (Å²) >= 11 is 11.9. The van der Waals surface area contributed by atoms with E-state index >= 15 is 0 Å². The molecule has 27 nitrogen and oxygen atoms in total. The molecule has 9 aromatic rings. The van der Waals surface area contributed by atoms with E-state index in [1.807, 2.05) is 35.6 Å². The molecule has 2 aliphatic heterocycles. The summed E-state index contributed by atoms with van der Waals surface area (Å²) in [5.74, 6) is -1.09. The van der Waals surface area contributed by atoms with Gasteiger partial charge in [0.25, 0.3) is 31.9 Å². The van der Waals surface area contributed by atoms with Crippen LogP contribution in [0.25, 0.3) is 17.5 Å². The molecule has 0 saturated carbocycles. The van der Waals surface area contributed by atoms with E-state index in [0.717, 1.165) is 64.3 Å². The molecule has 6 N–H and O–H groups in total. The molecule has 6 aromatic heterocycles. The molecule has 127 heavy (non-hydrogen) atoms. The number of aromatic nitrogens is 9. The third-order valence-electron chi connectivity index (χ3n) is 20.4. The molecule has 696 valence electrons. The number of primary sulfonamides is 1. The van der Waals surface area contributed by atoms with Crippen LogP contribution in [-0.4, -0.2) is 179 Å². The van der Waals surface area contributed by atoms with E-state index in [0.29, 0.717) is 12.1 Å². The first kappa shape index (κ1) is 105. The maximum Gasteiger partial charge on any atom is 0.397 e. The highest BCUT2D eigenvalue weighted by molar-refractivity contribution is 7.90. The van der Waals surface area contributed by atoms with Gasteiger partial charge in [0.15, 0.2) is 17.5 Å². The summed E-state index contributed by atoms with van der Waals surface area (Å²) in [4.78, 5) is 51.8. The molecule has 11 rings (SSSR count). The molecule has 0 unspecified atom stereocenters. The average molecular weight is 1930 g/mol. The zero-order valence-electron chi connectivity index (χ0n) is 74.2. The van der Waals surface area contributed by atoms with E-state index in [4.69, 9.17) is 52.6 Å². The number of halogens is 11. The van der Waals surface area contributed by atoms with Crippen LogP contribution in [-0.2, 0) is 30.1 Å². The van der Waals surface area contributed by atoms with Gasteiger partial charge in [0.05, 0.1) is 71.8 Å². The number of nitrogens with zero attached hydrogens (tertiary/aromatic N) is 10. The molecular formula is C83H109Cl2F9N14O13S3Si3. The van der Waals surface area contributed by atoms with Crippen LogP contribution in [0.15, 0.2) is 161 Å². The summed E-state index contributed by atoms with van der Waals surface area (Å²) in [6.07, 6.45) is -6.87. The largest absolute Gasteiger partial charge is 0.478 e. The average Bonchev–Trinajstić information content (AvgIpc) is 1.73. The Hall–Kier alpha value is -9.28. The summed E-state index contributed by atoms with van der Waals surface area (Å²) in [7, 11) is -16.5. The first-order valence-electron chi connectivity index (χ1n) is 39.7. The van der Waals surface area contributed by atoms with Crippen LogP contribution in [0.1, 0.15) is 127 Å². The molecule has 3 aromatic carbocycles. The van der Waals surface area contributed by atoms with Crippen LogP contribution >= 0.6 is 23.2 Å². The second kappa shape index (κ2) is 39.6. The highest BCUT2D eigenvalue weighted by atomic mass is 35.5. The lowest BCUT2D eigenvalue weighted by atomic mass is 9.94. The topological polar surface area (TPSA) is 359 Å². The third-order valence-corrected chi connectivity index (χ3v) is 30.8. The summed E-state index contributed by atoms with van der Waals surface area (Å²) in [6.45, 7) is 38.5. The number of amides is 2. The number of rotatable bonds is 24. The van der Waals surface area contributed by atoms with Crippen molar-refractivity contribution in [2.45, 2.75) is 199 Å². The van der Waals surface area contributed by atoms with E-state index in [1.54, 1.807) is 36.4 Å². The third kappa shape index (κ3) is 28.6. The Kier molecular flexibility index (Phi) is 32.7. The van der Waals surface area contributed by atoms with E-state index in [2.05, 4.69) is 122 Å². The van der Waals surface area contributed by atoms with Crippen molar-refractivity contribution in [1.82, 2.24) is 59.1 Å².